The second kappa shape index (κ2) is 9.38. The smallest absolute Gasteiger partial charge is 0.393 e. The maximum atomic E-state index is 11.7. The van der Waals surface area contributed by atoms with E-state index in [1.165, 1.54) is 5.57 Å². The van der Waals surface area contributed by atoms with Crippen LogP contribution < -0.4 is 0 Å². The molecule has 3 aliphatic rings. The Bertz CT molecular complexity index is 807. The van der Waals surface area contributed by atoms with E-state index in [-0.39, 0.29) is 11.3 Å². The highest BCUT2D eigenvalue weighted by Gasteiger charge is 2.50. The van der Waals surface area contributed by atoms with Gasteiger partial charge in [0.15, 0.2) is 0 Å². The van der Waals surface area contributed by atoms with Gasteiger partial charge >= 0.3 is 13.5 Å². The van der Waals surface area contributed by atoms with Crippen LogP contribution in [0.3, 0.4) is 0 Å². The summed E-state index contributed by atoms with van der Waals surface area (Å²) in [4.78, 5) is 39.0. The van der Waals surface area contributed by atoms with E-state index in [0.717, 1.165) is 43.8 Å². The normalized spacial score (nSPS) is 38.1. The minimum Gasteiger partial charge on any atom is -0.393 e. The van der Waals surface area contributed by atoms with Crippen molar-refractivity contribution in [3.63, 3.8) is 0 Å². The molecule has 0 radical (unpaired) electrons. The fourth-order valence-electron chi connectivity index (χ4n) is 6.08. The van der Waals surface area contributed by atoms with E-state index in [9.17, 15) is 15.0 Å². The van der Waals surface area contributed by atoms with Crippen molar-refractivity contribution < 1.29 is 29.7 Å². The van der Waals surface area contributed by atoms with E-state index in [0.29, 0.717) is 30.3 Å². The number of carbonyl (C=O) groups excluding carboxylic acids is 1. The summed E-state index contributed by atoms with van der Waals surface area (Å²) in [6.45, 7) is 8.36. The van der Waals surface area contributed by atoms with Crippen molar-refractivity contribution in [1.82, 2.24) is 0 Å². The summed E-state index contributed by atoms with van der Waals surface area (Å²) >= 11 is 0. The second-order valence-electron chi connectivity index (χ2n) is 9.79. The van der Waals surface area contributed by atoms with Gasteiger partial charge in [-0.1, -0.05) is 44.2 Å². The van der Waals surface area contributed by atoms with Crippen molar-refractivity contribution >= 4 is 13.5 Å². The maximum Gasteiger partial charge on any atom is 0.483 e. The van der Waals surface area contributed by atoms with Gasteiger partial charge in [-0.15, -0.1) is 0 Å². The molecule has 3 saturated carbocycles. The van der Waals surface area contributed by atoms with E-state index >= 15 is 0 Å². The molecule has 0 aromatic carbocycles. The Kier molecular flexibility index (Phi) is 7.42. The molecule has 5 N–H and O–H groups in total. The summed E-state index contributed by atoms with van der Waals surface area (Å²) in [5.74, 6) is 0.864. The Labute approximate surface area is 185 Å². The van der Waals surface area contributed by atoms with Crippen LogP contribution in [-0.2, 0) is 4.79 Å². The van der Waals surface area contributed by atoms with Crippen molar-refractivity contribution in [3.05, 3.63) is 47.6 Å². The topological polar surface area (TPSA) is 118 Å². The summed E-state index contributed by atoms with van der Waals surface area (Å²) in [7, 11) is -4.47. The molecule has 0 aliphatic heterocycles. The summed E-state index contributed by atoms with van der Waals surface area (Å²) in [6, 6.07) is 0. The van der Waals surface area contributed by atoms with Crippen LogP contribution in [0.5, 0.6) is 0 Å². The zero-order valence-electron chi connectivity index (χ0n) is 18.4. The minimum atomic E-state index is -4.47. The molecule has 6 atom stereocenters. The molecule has 31 heavy (non-hydrogen) atoms. The first-order chi connectivity index (χ1) is 14.4. The van der Waals surface area contributed by atoms with Crippen LogP contribution in [0.15, 0.2) is 47.6 Å². The number of hydrogen-bond acceptors (Lipinski definition) is 6. The molecule has 172 valence electrons. The molecule has 3 aliphatic carbocycles. The number of aliphatic hydroxyl groups excluding tert-OH is 2. The third-order valence-corrected chi connectivity index (χ3v) is 8.52. The Morgan fingerprint density at radius 3 is 2.61 bits per heavy atom. The van der Waals surface area contributed by atoms with Crippen LogP contribution in [0.25, 0.3) is 0 Å². The predicted octanol–water partition coefficient (Wildman–Crippen LogP) is 3.59. The zero-order valence-corrected chi connectivity index (χ0v) is 19.3. The van der Waals surface area contributed by atoms with Crippen LogP contribution in [0, 0.1) is 23.2 Å². The van der Waals surface area contributed by atoms with E-state index in [2.05, 4.69) is 19.6 Å². The van der Waals surface area contributed by atoms with Gasteiger partial charge in [0.25, 0.3) is 0 Å². The van der Waals surface area contributed by atoms with Gasteiger partial charge in [-0.3, -0.25) is 0 Å². The van der Waals surface area contributed by atoms with Crippen molar-refractivity contribution in [2.24, 2.45) is 23.2 Å². The highest BCUT2D eigenvalue weighted by molar-refractivity contribution is 7.76. The van der Waals surface area contributed by atoms with Gasteiger partial charge < -0.3 is 10.2 Å². The van der Waals surface area contributed by atoms with Crippen LogP contribution in [0.4, 0.5) is 0 Å². The molecule has 0 aromatic rings. The van der Waals surface area contributed by atoms with Crippen LogP contribution >= 0.6 is 7.94 Å². The Morgan fingerprint density at radius 2 is 1.94 bits per heavy atom. The van der Waals surface area contributed by atoms with Gasteiger partial charge in [0, 0.05) is 12.5 Å². The van der Waals surface area contributed by atoms with Crippen molar-refractivity contribution in [2.75, 3.05) is 0 Å². The Morgan fingerprint density at radius 1 is 1.23 bits per heavy atom. The number of hydrogen-bond donors (Lipinski definition) is 5. The predicted molar refractivity (Wildman–Crippen MR) is 122 cm³/mol. The first-order valence-corrected chi connectivity index (χ1v) is 12.8. The lowest BCUT2D eigenvalue weighted by atomic mass is 9.61. The molecule has 0 spiro atoms. The quantitative estimate of drug-likeness (QED) is 0.322. The highest BCUT2D eigenvalue weighted by Crippen LogP contribution is 2.59. The number of aliphatic hydroxyl groups is 2. The Balaban J connectivity index is 1.77. The average Bonchev–Trinajstić information content (AvgIpc) is 3.04. The Hall–Kier alpha value is -1.14. The van der Waals surface area contributed by atoms with Crippen molar-refractivity contribution in [3.8, 4) is 0 Å². The van der Waals surface area contributed by atoms with Crippen molar-refractivity contribution in [1.29, 1.82) is 0 Å². The highest BCUT2D eigenvalue weighted by atomic mass is 31.2. The standard InChI is InChI=1S/C24H36O6P/c1-15(6-11-23(27)31(28,29)30)20-9-10-21-17(5-4-12-24(20,21)3)7-8-18-13-19(25)14-22(26)16(18)2/h6-8,11,15,19-22,25-26,28-30H,2,4-5,9-10,12-14H2,1,3H3/q+1/t15-,19-,20-,21?,22+,24-/m1/s1. The third kappa shape index (κ3) is 5.27. The molecule has 0 saturated heterocycles. The lowest BCUT2D eigenvalue weighted by Crippen LogP contribution is -2.35. The molecule has 3 rings (SSSR count). The van der Waals surface area contributed by atoms with E-state index in [1.54, 1.807) is 6.08 Å². The number of allylic oxidation sites excluding steroid dienone is 5. The molecule has 7 heteroatoms. The molecule has 3 fully saturated rings. The third-order valence-electron chi connectivity index (χ3n) is 7.77. The van der Waals surface area contributed by atoms with Gasteiger partial charge in [0.2, 0.25) is 0 Å². The summed E-state index contributed by atoms with van der Waals surface area (Å²) in [5.41, 5.74) is 2.07. The van der Waals surface area contributed by atoms with Crippen LogP contribution in [0.1, 0.15) is 58.8 Å². The summed E-state index contributed by atoms with van der Waals surface area (Å²) < 4.78 is 0. The minimum absolute atomic E-state index is 0.0756. The van der Waals surface area contributed by atoms with E-state index < -0.39 is 25.7 Å². The molecular weight excluding hydrogens is 415 g/mol. The fraction of sp³-hybridized carbons (Fsp3) is 0.625. The SMILES string of the molecule is C=C1C(=CC=C2CCC[C@@]3(C)C2CC[C@@H]3[C@H](C)C=CC(=O)[P+](O)(O)O)C[C@@H](O)C[C@@H]1O. The summed E-state index contributed by atoms with van der Waals surface area (Å²) in [6.07, 6.45) is 11.9. The molecule has 1 unspecified atom stereocenters. The largest absolute Gasteiger partial charge is 0.483 e. The van der Waals surface area contributed by atoms with Gasteiger partial charge in [0.1, 0.15) is 0 Å². The molecule has 0 amide bonds. The molecular formula is C24H36O6P+. The lowest BCUT2D eigenvalue weighted by Gasteiger charge is -2.44. The van der Waals surface area contributed by atoms with Crippen molar-refractivity contribution in [2.45, 2.75) is 71.0 Å². The van der Waals surface area contributed by atoms with Gasteiger partial charge in [-0.2, -0.15) is 14.7 Å². The monoisotopic (exact) mass is 451 g/mol. The first kappa shape index (κ1) is 24.5. The lowest BCUT2D eigenvalue weighted by molar-refractivity contribution is -0.110. The van der Waals surface area contributed by atoms with Gasteiger partial charge in [-0.25, -0.2) is 4.79 Å². The second-order valence-corrected chi connectivity index (χ2v) is 11.4. The van der Waals surface area contributed by atoms with Gasteiger partial charge in [-0.05, 0) is 72.8 Å². The fourth-order valence-corrected chi connectivity index (χ4v) is 6.36. The molecule has 0 aromatic heterocycles. The van der Waals surface area contributed by atoms with Crippen LogP contribution in [0.2, 0.25) is 0 Å². The maximum absolute atomic E-state index is 11.7. The average molecular weight is 452 g/mol. The van der Waals surface area contributed by atoms with Gasteiger partial charge in [0.05, 0.1) is 12.2 Å². The van der Waals surface area contributed by atoms with E-state index in [4.69, 9.17) is 14.7 Å². The first-order valence-electron chi connectivity index (χ1n) is 11.2. The molecule has 6 nitrogen and oxygen atoms in total. The summed E-state index contributed by atoms with van der Waals surface area (Å²) in [5, 5.41) is 20.1. The number of carbonyl (C=O) groups is 1. The number of fused-ring (bicyclic) bond motifs is 1. The molecule has 0 bridgehead atoms. The zero-order chi connectivity index (χ0) is 23.0. The molecule has 0 heterocycles. The number of rotatable bonds is 5. The van der Waals surface area contributed by atoms with E-state index in [1.807, 2.05) is 13.0 Å². The van der Waals surface area contributed by atoms with Crippen LogP contribution in [-0.4, -0.2) is 42.6 Å².